The average Bonchev–Trinajstić information content (AvgIpc) is 2.29. The first-order valence-electron chi connectivity index (χ1n) is 4.89. The average molecular weight is 220 g/mol. The van der Waals surface area contributed by atoms with E-state index in [0.29, 0.717) is 12.2 Å². The van der Waals surface area contributed by atoms with E-state index >= 15 is 0 Å². The van der Waals surface area contributed by atoms with Crippen molar-refractivity contribution >= 4 is 0 Å². The fourth-order valence-corrected chi connectivity index (χ4v) is 1.13. The van der Waals surface area contributed by atoms with Gasteiger partial charge in [-0.25, -0.2) is 4.39 Å². The predicted octanol–water partition coefficient (Wildman–Crippen LogP) is 1.94. The molecule has 0 aliphatic rings. The molecule has 1 rings (SSSR count). The quantitative estimate of drug-likeness (QED) is 0.825. The number of nitriles is 1. The summed E-state index contributed by atoms with van der Waals surface area (Å²) in [4.78, 5) is 0. The molecular weight excluding hydrogens is 207 g/mol. The Hall–Kier alpha value is -1.86. The van der Waals surface area contributed by atoms with Crippen LogP contribution in [0.25, 0.3) is 0 Å². The SMILES string of the molecule is N#CCc1ccc(OC/C(F)=C\CN)cc1. The smallest absolute Gasteiger partial charge is 0.139 e. The summed E-state index contributed by atoms with van der Waals surface area (Å²) in [5.74, 6) is 0.186. The van der Waals surface area contributed by atoms with E-state index < -0.39 is 0 Å². The van der Waals surface area contributed by atoms with Crippen LogP contribution < -0.4 is 10.5 Å². The van der Waals surface area contributed by atoms with Gasteiger partial charge in [0.05, 0.1) is 12.5 Å². The molecule has 0 radical (unpaired) electrons. The number of halogens is 1. The van der Waals surface area contributed by atoms with Crippen LogP contribution in [0, 0.1) is 11.3 Å². The van der Waals surface area contributed by atoms with Crippen molar-refractivity contribution in [2.24, 2.45) is 5.73 Å². The summed E-state index contributed by atoms with van der Waals surface area (Å²) in [6.45, 7) is 0.0467. The molecule has 0 amide bonds. The predicted molar refractivity (Wildman–Crippen MR) is 59.5 cm³/mol. The number of hydrogen-bond donors (Lipinski definition) is 1. The zero-order valence-corrected chi connectivity index (χ0v) is 8.82. The molecular formula is C12H13FN2O. The van der Waals surface area contributed by atoms with Gasteiger partial charge in [-0.05, 0) is 23.8 Å². The number of nitrogens with zero attached hydrogens (tertiary/aromatic N) is 1. The highest BCUT2D eigenvalue weighted by Crippen LogP contribution is 2.13. The molecule has 3 nitrogen and oxygen atoms in total. The van der Waals surface area contributed by atoms with Crippen LogP contribution in [0.3, 0.4) is 0 Å². The maximum Gasteiger partial charge on any atom is 0.139 e. The van der Waals surface area contributed by atoms with Gasteiger partial charge < -0.3 is 10.5 Å². The molecule has 0 saturated heterocycles. The maximum absolute atomic E-state index is 12.9. The Bertz CT molecular complexity index is 392. The molecule has 1 aromatic rings. The highest BCUT2D eigenvalue weighted by Gasteiger charge is 1.98. The summed E-state index contributed by atoms with van der Waals surface area (Å²) in [7, 11) is 0. The third kappa shape index (κ3) is 4.11. The molecule has 0 spiro atoms. The molecule has 2 N–H and O–H groups in total. The fraction of sp³-hybridized carbons (Fsp3) is 0.250. The first-order valence-corrected chi connectivity index (χ1v) is 4.89. The van der Waals surface area contributed by atoms with Crippen LogP contribution in [-0.4, -0.2) is 13.2 Å². The molecule has 0 unspecified atom stereocenters. The van der Waals surface area contributed by atoms with Gasteiger partial charge in [0.25, 0.3) is 0 Å². The van der Waals surface area contributed by atoms with Crippen molar-refractivity contribution in [2.45, 2.75) is 6.42 Å². The molecule has 84 valence electrons. The van der Waals surface area contributed by atoms with Crippen molar-refractivity contribution in [3.63, 3.8) is 0 Å². The summed E-state index contributed by atoms with van der Waals surface area (Å²) >= 11 is 0. The van der Waals surface area contributed by atoms with Gasteiger partial charge in [-0.1, -0.05) is 12.1 Å². The molecule has 0 fully saturated rings. The van der Waals surface area contributed by atoms with E-state index in [1.807, 2.05) is 6.07 Å². The van der Waals surface area contributed by atoms with Crippen LogP contribution in [0.4, 0.5) is 4.39 Å². The van der Waals surface area contributed by atoms with Gasteiger partial charge in [-0.3, -0.25) is 0 Å². The Morgan fingerprint density at radius 1 is 1.44 bits per heavy atom. The minimum atomic E-state index is -0.386. The minimum Gasteiger partial charge on any atom is -0.487 e. The van der Waals surface area contributed by atoms with Gasteiger partial charge in [0.1, 0.15) is 18.2 Å². The molecule has 0 aliphatic carbocycles. The number of benzene rings is 1. The number of rotatable bonds is 5. The Kier molecular flexibility index (Phi) is 5.03. The second kappa shape index (κ2) is 6.59. The summed E-state index contributed by atoms with van der Waals surface area (Å²) in [5.41, 5.74) is 6.06. The summed E-state index contributed by atoms with van der Waals surface area (Å²) in [6, 6.07) is 9.03. The molecule has 4 heteroatoms. The highest BCUT2D eigenvalue weighted by molar-refractivity contribution is 5.28. The van der Waals surface area contributed by atoms with Crippen LogP contribution in [0.5, 0.6) is 5.75 Å². The molecule has 1 aromatic carbocycles. The zero-order chi connectivity index (χ0) is 11.8. The molecule has 0 aromatic heterocycles. The van der Waals surface area contributed by atoms with Crippen molar-refractivity contribution in [2.75, 3.05) is 13.2 Å². The third-order valence-corrected chi connectivity index (χ3v) is 1.92. The molecule has 0 heterocycles. The van der Waals surface area contributed by atoms with Crippen LogP contribution in [0.2, 0.25) is 0 Å². The largest absolute Gasteiger partial charge is 0.487 e. The lowest BCUT2D eigenvalue weighted by Crippen LogP contribution is -2.01. The molecule has 0 bridgehead atoms. The Morgan fingerprint density at radius 3 is 2.69 bits per heavy atom. The van der Waals surface area contributed by atoms with Crippen molar-refractivity contribution in [3.8, 4) is 11.8 Å². The van der Waals surface area contributed by atoms with E-state index in [0.717, 1.165) is 5.56 Å². The summed E-state index contributed by atoms with van der Waals surface area (Å²) in [5, 5.41) is 8.47. The second-order valence-electron chi connectivity index (χ2n) is 3.15. The minimum absolute atomic E-state index is 0.116. The zero-order valence-electron chi connectivity index (χ0n) is 8.82. The Morgan fingerprint density at radius 2 is 2.12 bits per heavy atom. The highest BCUT2D eigenvalue weighted by atomic mass is 19.1. The number of ether oxygens (including phenoxy) is 1. The van der Waals surface area contributed by atoms with Gasteiger partial charge in [0.15, 0.2) is 0 Å². The fourth-order valence-electron chi connectivity index (χ4n) is 1.13. The van der Waals surface area contributed by atoms with Crippen molar-refractivity contribution in [1.82, 2.24) is 0 Å². The third-order valence-electron chi connectivity index (χ3n) is 1.92. The van der Waals surface area contributed by atoms with E-state index in [1.54, 1.807) is 24.3 Å². The molecule has 0 aliphatic heterocycles. The normalized spacial score (nSPS) is 10.9. The van der Waals surface area contributed by atoms with Crippen LogP contribution in [0.15, 0.2) is 36.2 Å². The number of hydrogen-bond acceptors (Lipinski definition) is 3. The van der Waals surface area contributed by atoms with Crippen molar-refractivity contribution < 1.29 is 9.13 Å². The lowest BCUT2D eigenvalue weighted by atomic mass is 10.2. The first kappa shape index (κ1) is 12.2. The number of nitrogens with two attached hydrogens (primary N) is 1. The molecule has 0 atom stereocenters. The van der Waals surface area contributed by atoms with Crippen molar-refractivity contribution in [1.29, 1.82) is 5.26 Å². The summed E-state index contributed by atoms with van der Waals surface area (Å²) in [6.07, 6.45) is 1.63. The monoisotopic (exact) mass is 220 g/mol. The molecule has 0 saturated carbocycles. The van der Waals surface area contributed by atoms with Crippen LogP contribution in [0.1, 0.15) is 5.56 Å². The molecule has 16 heavy (non-hydrogen) atoms. The van der Waals surface area contributed by atoms with Gasteiger partial charge in [0.2, 0.25) is 0 Å². The van der Waals surface area contributed by atoms with Gasteiger partial charge in [-0.15, -0.1) is 0 Å². The van der Waals surface area contributed by atoms with Crippen LogP contribution >= 0.6 is 0 Å². The van der Waals surface area contributed by atoms with Gasteiger partial charge in [0, 0.05) is 6.54 Å². The lowest BCUT2D eigenvalue weighted by molar-refractivity contribution is 0.318. The van der Waals surface area contributed by atoms with E-state index in [-0.39, 0.29) is 19.0 Å². The van der Waals surface area contributed by atoms with Crippen LogP contribution in [-0.2, 0) is 6.42 Å². The summed E-state index contributed by atoms with van der Waals surface area (Å²) < 4.78 is 18.1. The maximum atomic E-state index is 12.9. The second-order valence-corrected chi connectivity index (χ2v) is 3.15. The first-order chi connectivity index (χ1) is 7.76. The topological polar surface area (TPSA) is 59.0 Å². The van der Waals surface area contributed by atoms with Crippen molar-refractivity contribution in [3.05, 3.63) is 41.7 Å². The standard InChI is InChI=1S/C12H13FN2O/c13-11(6-8-15)9-16-12-3-1-10(2-4-12)5-7-14/h1-4,6H,5,8-9,15H2/b11-6+. The van der Waals surface area contributed by atoms with E-state index in [9.17, 15) is 4.39 Å². The van der Waals surface area contributed by atoms with E-state index in [1.165, 1.54) is 6.08 Å². The van der Waals surface area contributed by atoms with Gasteiger partial charge >= 0.3 is 0 Å². The Labute approximate surface area is 93.9 Å². The Balaban J connectivity index is 2.50. The van der Waals surface area contributed by atoms with Gasteiger partial charge in [-0.2, -0.15) is 5.26 Å². The van der Waals surface area contributed by atoms with E-state index in [4.69, 9.17) is 15.7 Å². The lowest BCUT2D eigenvalue weighted by Gasteiger charge is -2.04. The van der Waals surface area contributed by atoms with E-state index in [2.05, 4.69) is 0 Å².